The third-order valence-corrected chi connectivity index (χ3v) is 4.55. The van der Waals surface area contributed by atoms with Gasteiger partial charge in [-0.1, -0.05) is 0 Å². The van der Waals surface area contributed by atoms with Gasteiger partial charge in [0.05, 0.1) is 28.8 Å². The van der Waals surface area contributed by atoms with Crippen molar-refractivity contribution in [1.82, 2.24) is 15.3 Å². The Bertz CT molecular complexity index is 1170. The second-order valence-corrected chi connectivity index (χ2v) is 8.39. The van der Waals surface area contributed by atoms with Crippen molar-refractivity contribution in [3.63, 3.8) is 0 Å². The second kappa shape index (κ2) is 10.4. The van der Waals surface area contributed by atoms with E-state index in [1.54, 1.807) is 6.07 Å². The van der Waals surface area contributed by atoms with Crippen molar-refractivity contribution in [2.24, 2.45) is 4.36 Å². The molecule has 3 rings (SSSR count). The third-order valence-electron chi connectivity index (χ3n) is 3.97. The zero-order valence-electron chi connectivity index (χ0n) is 17.0. The summed E-state index contributed by atoms with van der Waals surface area (Å²) < 4.78 is 62.6. The van der Waals surface area contributed by atoms with E-state index in [1.165, 1.54) is 18.5 Å². The number of hydrogen-bond donors (Lipinski definition) is 2. The summed E-state index contributed by atoms with van der Waals surface area (Å²) in [5, 5.41) is 4.92. The zero-order valence-corrected chi connectivity index (χ0v) is 17.9. The summed E-state index contributed by atoms with van der Waals surface area (Å²) in [6, 6.07) is 6.33. The average molecular weight is 469 g/mol. The van der Waals surface area contributed by atoms with Crippen molar-refractivity contribution in [3.05, 3.63) is 48.3 Å². The van der Waals surface area contributed by atoms with Crippen molar-refractivity contribution in [3.8, 4) is 5.75 Å². The van der Waals surface area contributed by atoms with Crippen LogP contribution in [0.5, 0.6) is 5.75 Å². The molecule has 0 saturated heterocycles. The van der Waals surface area contributed by atoms with Crippen LogP contribution < -0.4 is 15.4 Å². The fourth-order valence-corrected chi connectivity index (χ4v) is 3.24. The number of aromatic nitrogens is 2. The van der Waals surface area contributed by atoms with Crippen LogP contribution in [0.4, 0.5) is 34.8 Å². The van der Waals surface area contributed by atoms with E-state index in [0.717, 1.165) is 12.1 Å². The average Bonchev–Trinajstić information content (AvgIpc) is 2.71. The number of hydrogen-bond acceptors (Lipinski definition) is 6. The van der Waals surface area contributed by atoms with E-state index in [-0.39, 0.29) is 33.3 Å². The van der Waals surface area contributed by atoms with Crippen LogP contribution in [-0.2, 0) is 15.5 Å². The molecule has 0 radical (unpaired) electrons. The van der Waals surface area contributed by atoms with E-state index in [1.807, 2.05) is 17.8 Å². The Hall–Kier alpha value is -3.28. The Morgan fingerprint density at radius 3 is 2.69 bits per heavy atom. The molecule has 0 spiro atoms. The molecule has 170 valence electrons. The molecule has 7 nitrogen and oxygen atoms in total. The second-order valence-electron chi connectivity index (χ2n) is 6.66. The van der Waals surface area contributed by atoms with Crippen LogP contribution in [0.3, 0.4) is 0 Å². The highest BCUT2D eigenvalue weighted by molar-refractivity contribution is 7.85. The number of ether oxygens (including phenoxy) is 1. The molecule has 2 aromatic carbocycles. The van der Waals surface area contributed by atoms with Crippen molar-refractivity contribution in [2.45, 2.75) is 6.43 Å². The van der Waals surface area contributed by atoms with E-state index in [0.29, 0.717) is 11.2 Å². The number of nitrogens with zero attached hydrogens (tertiary/aromatic N) is 3. The van der Waals surface area contributed by atoms with E-state index in [4.69, 9.17) is 4.74 Å². The van der Waals surface area contributed by atoms with Gasteiger partial charge in [0.1, 0.15) is 29.5 Å². The van der Waals surface area contributed by atoms with Gasteiger partial charge in [-0.15, -0.1) is 10.7 Å². The molecule has 0 bridgehead atoms. The van der Waals surface area contributed by atoms with Crippen LogP contribution in [0.15, 0.2) is 41.0 Å². The Kier molecular flexibility index (Phi) is 7.57. The number of amides is 1. The molecule has 1 amide bonds. The lowest BCUT2D eigenvalue weighted by molar-refractivity contribution is -0.123. The quantitative estimate of drug-likeness (QED) is 0.485. The zero-order chi connectivity index (χ0) is 23.3. The Balaban J connectivity index is 1.89. The summed E-state index contributed by atoms with van der Waals surface area (Å²) in [7, 11) is -0.298. The predicted molar refractivity (Wildman–Crippen MR) is 115 cm³/mol. The molecule has 0 unspecified atom stereocenters. The molecule has 3 aromatic rings. The van der Waals surface area contributed by atoms with Gasteiger partial charge >= 0.3 is 0 Å². The number of anilines is 2. The molecular formula is C20H19F4N5O2S. The third kappa shape index (κ3) is 6.13. The predicted octanol–water partition coefficient (Wildman–Crippen LogP) is 4.10. The first kappa shape index (κ1) is 23.4. The van der Waals surface area contributed by atoms with Crippen LogP contribution >= 0.6 is 0 Å². The van der Waals surface area contributed by atoms with Gasteiger partial charge in [-0.2, -0.15) is 0 Å². The molecule has 0 atom stereocenters. The first-order chi connectivity index (χ1) is 15.2. The number of carbonyl (C=O) groups is 1. The fraction of sp³-hybridized carbons (Fsp3) is 0.250. The number of nitrogens with one attached hydrogen (secondary N) is 2. The molecule has 0 aliphatic heterocycles. The van der Waals surface area contributed by atoms with Gasteiger partial charge < -0.3 is 15.4 Å². The van der Waals surface area contributed by atoms with E-state index < -0.39 is 37.1 Å². The largest absolute Gasteiger partial charge is 0.481 e. The SMILES string of the molecule is CS(C)=Nc1cc(F)c2c(Nc3ccc(F)cc3OCC(=O)NCC(F)F)ncnc2c1. The van der Waals surface area contributed by atoms with Crippen molar-refractivity contribution >= 4 is 44.7 Å². The first-order valence-corrected chi connectivity index (χ1v) is 11.2. The van der Waals surface area contributed by atoms with Crippen LogP contribution in [0.1, 0.15) is 0 Å². The highest BCUT2D eigenvalue weighted by atomic mass is 32.2. The summed E-state index contributed by atoms with van der Waals surface area (Å²) in [5.74, 6) is -2.06. The van der Waals surface area contributed by atoms with Crippen LogP contribution in [0.2, 0.25) is 0 Å². The maximum atomic E-state index is 14.8. The molecule has 0 fully saturated rings. The van der Waals surface area contributed by atoms with Gasteiger partial charge in [0.25, 0.3) is 12.3 Å². The van der Waals surface area contributed by atoms with Crippen LogP contribution in [-0.4, -0.2) is 48.0 Å². The van der Waals surface area contributed by atoms with E-state index in [9.17, 15) is 22.4 Å². The Morgan fingerprint density at radius 2 is 1.97 bits per heavy atom. The molecular weight excluding hydrogens is 450 g/mol. The van der Waals surface area contributed by atoms with Gasteiger partial charge in [0.15, 0.2) is 6.61 Å². The van der Waals surface area contributed by atoms with E-state index in [2.05, 4.69) is 19.6 Å². The molecule has 1 aromatic heterocycles. The van der Waals surface area contributed by atoms with Gasteiger partial charge in [0.2, 0.25) is 0 Å². The van der Waals surface area contributed by atoms with Gasteiger partial charge in [-0.05, 0) is 30.7 Å². The summed E-state index contributed by atoms with van der Waals surface area (Å²) in [4.78, 5) is 19.8. The minimum absolute atomic E-state index is 0.0861. The summed E-state index contributed by atoms with van der Waals surface area (Å²) in [5.41, 5.74) is 0.932. The Labute approximate surface area is 183 Å². The number of alkyl halides is 2. The van der Waals surface area contributed by atoms with Crippen molar-refractivity contribution < 1.29 is 27.1 Å². The summed E-state index contributed by atoms with van der Waals surface area (Å²) in [6.07, 6.45) is 2.30. The summed E-state index contributed by atoms with van der Waals surface area (Å²) >= 11 is 0. The minimum atomic E-state index is -2.71. The highest BCUT2D eigenvalue weighted by Crippen LogP contribution is 2.33. The smallest absolute Gasteiger partial charge is 0.258 e. The molecule has 12 heteroatoms. The molecule has 0 aliphatic rings. The topological polar surface area (TPSA) is 88.5 Å². The van der Waals surface area contributed by atoms with Gasteiger partial charge in [0, 0.05) is 12.1 Å². The summed E-state index contributed by atoms with van der Waals surface area (Å²) in [6.45, 7) is -1.45. The lowest BCUT2D eigenvalue weighted by Gasteiger charge is -2.14. The molecule has 32 heavy (non-hydrogen) atoms. The normalized spacial score (nSPS) is 11.1. The van der Waals surface area contributed by atoms with E-state index >= 15 is 0 Å². The standard InChI is InChI=1S/C20H19F4N5O2S/c1-32(2)29-12-6-13(22)19-15(7-12)26-10-27-20(19)28-14-4-3-11(21)5-16(14)31-9-18(30)25-8-17(23)24/h3-7,10,17H,8-9H2,1-2H3,(H,25,30)(H,26,27,28). The monoisotopic (exact) mass is 469 g/mol. The molecule has 0 aliphatic carbocycles. The maximum Gasteiger partial charge on any atom is 0.258 e. The maximum absolute atomic E-state index is 14.8. The number of fused-ring (bicyclic) bond motifs is 1. The number of halogens is 4. The van der Waals surface area contributed by atoms with Gasteiger partial charge in [-0.3, -0.25) is 4.79 Å². The van der Waals surface area contributed by atoms with Crippen molar-refractivity contribution in [2.75, 3.05) is 31.0 Å². The lowest BCUT2D eigenvalue weighted by atomic mass is 10.2. The molecule has 0 saturated carbocycles. The minimum Gasteiger partial charge on any atom is -0.481 e. The fourth-order valence-electron chi connectivity index (χ4n) is 2.72. The van der Waals surface area contributed by atoms with Crippen LogP contribution in [0, 0.1) is 11.6 Å². The number of carbonyl (C=O) groups excluding carboxylic acids is 1. The van der Waals surface area contributed by atoms with Gasteiger partial charge in [-0.25, -0.2) is 31.9 Å². The number of benzene rings is 2. The van der Waals surface area contributed by atoms with Crippen molar-refractivity contribution in [1.29, 1.82) is 0 Å². The lowest BCUT2D eigenvalue weighted by Crippen LogP contribution is -2.32. The molecule has 2 N–H and O–H groups in total. The highest BCUT2D eigenvalue weighted by Gasteiger charge is 2.15. The first-order valence-electron chi connectivity index (χ1n) is 9.21. The Morgan fingerprint density at radius 1 is 1.19 bits per heavy atom. The molecule has 1 heterocycles. The van der Waals surface area contributed by atoms with Crippen LogP contribution in [0.25, 0.3) is 10.9 Å². The number of rotatable bonds is 8.